The van der Waals surface area contributed by atoms with Crippen LogP contribution >= 0.6 is 11.6 Å². The van der Waals surface area contributed by atoms with Crippen molar-refractivity contribution in [1.82, 2.24) is 0 Å². The third-order valence-corrected chi connectivity index (χ3v) is 2.59. The van der Waals surface area contributed by atoms with E-state index >= 15 is 0 Å². The van der Waals surface area contributed by atoms with Crippen molar-refractivity contribution >= 4 is 16.8 Å². The molecule has 0 aromatic heterocycles. The van der Waals surface area contributed by atoms with E-state index < -0.39 is 5.24 Å². The lowest BCUT2D eigenvalue weighted by atomic mass is 10.1. The summed E-state index contributed by atoms with van der Waals surface area (Å²) in [6, 6.07) is 14.6. The summed E-state index contributed by atoms with van der Waals surface area (Å²) in [4.78, 5) is 11.3. The number of aryl methyl sites for hydroxylation is 1. The van der Waals surface area contributed by atoms with Crippen molar-refractivity contribution in [2.45, 2.75) is 6.92 Å². The van der Waals surface area contributed by atoms with Crippen LogP contribution in [0.5, 0.6) is 11.5 Å². The van der Waals surface area contributed by atoms with Crippen molar-refractivity contribution in [2.75, 3.05) is 0 Å². The summed E-state index contributed by atoms with van der Waals surface area (Å²) in [5.41, 5.74) is 1.26. The molecular weight excluding hydrogens is 236 g/mol. The largest absolute Gasteiger partial charge is 0.456 e. The van der Waals surface area contributed by atoms with Crippen LogP contribution in [0.1, 0.15) is 15.9 Å². The molecule has 0 saturated carbocycles. The Morgan fingerprint density at radius 2 is 1.76 bits per heavy atom. The second kappa shape index (κ2) is 5.02. The maximum atomic E-state index is 11.3. The Morgan fingerprint density at radius 3 is 2.41 bits per heavy atom. The van der Waals surface area contributed by atoms with Crippen LogP contribution in [0.25, 0.3) is 0 Å². The van der Waals surface area contributed by atoms with Gasteiger partial charge in [0.05, 0.1) is 5.56 Å². The number of carbonyl (C=O) groups is 1. The van der Waals surface area contributed by atoms with E-state index in [0.29, 0.717) is 17.1 Å². The number of hydrogen-bond acceptors (Lipinski definition) is 2. The molecule has 0 amide bonds. The van der Waals surface area contributed by atoms with Crippen LogP contribution in [0.15, 0.2) is 48.5 Å². The highest BCUT2D eigenvalue weighted by molar-refractivity contribution is 6.68. The molecule has 0 fully saturated rings. The van der Waals surface area contributed by atoms with Crippen molar-refractivity contribution in [2.24, 2.45) is 0 Å². The van der Waals surface area contributed by atoms with E-state index in [2.05, 4.69) is 0 Å². The third kappa shape index (κ3) is 2.66. The summed E-state index contributed by atoms with van der Waals surface area (Å²) in [5, 5.41) is -0.514. The van der Waals surface area contributed by atoms with Crippen LogP contribution in [0, 0.1) is 6.92 Å². The molecule has 2 aromatic carbocycles. The highest BCUT2D eigenvalue weighted by Crippen LogP contribution is 2.29. The van der Waals surface area contributed by atoms with Crippen LogP contribution in [-0.4, -0.2) is 5.24 Å². The average Bonchev–Trinajstić information content (AvgIpc) is 2.33. The quantitative estimate of drug-likeness (QED) is 0.760. The number of para-hydroxylation sites is 2. The minimum absolute atomic E-state index is 0.385. The zero-order valence-corrected chi connectivity index (χ0v) is 10.1. The minimum atomic E-state index is -0.514. The number of benzene rings is 2. The second-order valence-electron chi connectivity index (χ2n) is 3.64. The molecule has 0 radical (unpaired) electrons. The predicted molar refractivity (Wildman–Crippen MR) is 67.9 cm³/mol. The first kappa shape index (κ1) is 11.7. The zero-order valence-electron chi connectivity index (χ0n) is 9.31. The van der Waals surface area contributed by atoms with Crippen molar-refractivity contribution in [3.63, 3.8) is 0 Å². The second-order valence-corrected chi connectivity index (χ2v) is 3.98. The van der Waals surface area contributed by atoms with Crippen LogP contribution < -0.4 is 4.74 Å². The van der Waals surface area contributed by atoms with E-state index in [-0.39, 0.29) is 0 Å². The van der Waals surface area contributed by atoms with E-state index in [4.69, 9.17) is 16.3 Å². The monoisotopic (exact) mass is 246 g/mol. The van der Waals surface area contributed by atoms with Gasteiger partial charge in [-0.25, -0.2) is 0 Å². The molecule has 2 rings (SSSR count). The Kier molecular flexibility index (Phi) is 3.45. The lowest BCUT2D eigenvalue weighted by Gasteiger charge is -2.11. The van der Waals surface area contributed by atoms with Gasteiger partial charge in [-0.05, 0) is 42.3 Å². The van der Waals surface area contributed by atoms with E-state index in [1.165, 1.54) is 0 Å². The highest BCUT2D eigenvalue weighted by Gasteiger charge is 2.13. The van der Waals surface area contributed by atoms with Crippen LogP contribution in [0.4, 0.5) is 0 Å². The molecule has 0 aliphatic heterocycles. The summed E-state index contributed by atoms with van der Waals surface area (Å²) in [5.74, 6) is 1.19. The van der Waals surface area contributed by atoms with Gasteiger partial charge in [0, 0.05) is 0 Å². The van der Waals surface area contributed by atoms with Crippen LogP contribution in [0.2, 0.25) is 0 Å². The summed E-state index contributed by atoms with van der Waals surface area (Å²) < 4.78 is 5.70. The third-order valence-electron chi connectivity index (χ3n) is 2.39. The van der Waals surface area contributed by atoms with Gasteiger partial charge in [-0.3, -0.25) is 4.79 Å². The van der Waals surface area contributed by atoms with Gasteiger partial charge in [-0.1, -0.05) is 30.3 Å². The van der Waals surface area contributed by atoms with Crippen LogP contribution in [0.3, 0.4) is 0 Å². The normalized spacial score (nSPS) is 10.0. The van der Waals surface area contributed by atoms with Gasteiger partial charge in [-0.2, -0.15) is 0 Å². The van der Waals surface area contributed by atoms with Crippen molar-refractivity contribution in [3.8, 4) is 11.5 Å². The molecule has 0 heterocycles. The van der Waals surface area contributed by atoms with Crippen molar-refractivity contribution in [3.05, 3.63) is 59.7 Å². The molecule has 0 unspecified atom stereocenters. The van der Waals surface area contributed by atoms with Crippen LogP contribution in [-0.2, 0) is 0 Å². The molecule has 0 atom stereocenters. The number of hydrogen-bond donors (Lipinski definition) is 0. The molecule has 2 aromatic rings. The maximum absolute atomic E-state index is 11.3. The predicted octanol–water partition coefficient (Wildman–Crippen LogP) is 4.17. The number of carbonyl (C=O) groups excluding carboxylic acids is 1. The highest BCUT2D eigenvalue weighted by atomic mass is 35.5. The smallest absolute Gasteiger partial charge is 0.256 e. The Hall–Kier alpha value is -1.80. The van der Waals surface area contributed by atoms with Gasteiger partial charge < -0.3 is 4.74 Å². The molecule has 17 heavy (non-hydrogen) atoms. The fraction of sp³-hybridized carbons (Fsp3) is 0.0714. The molecule has 0 aliphatic carbocycles. The Labute approximate surface area is 105 Å². The van der Waals surface area contributed by atoms with Crippen molar-refractivity contribution < 1.29 is 9.53 Å². The Balaban J connectivity index is 2.41. The van der Waals surface area contributed by atoms with E-state index in [1.807, 2.05) is 43.3 Å². The van der Waals surface area contributed by atoms with Gasteiger partial charge in [0.1, 0.15) is 11.5 Å². The van der Waals surface area contributed by atoms with Gasteiger partial charge in [0.15, 0.2) is 0 Å². The molecule has 0 bridgehead atoms. The first-order valence-corrected chi connectivity index (χ1v) is 5.58. The lowest BCUT2D eigenvalue weighted by Crippen LogP contribution is -1.97. The van der Waals surface area contributed by atoms with Gasteiger partial charge in [0.25, 0.3) is 5.24 Å². The molecule has 0 N–H and O–H groups in total. The fourth-order valence-electron chi connectivity index (χ4n) is 1.55. The molecule has 2 nitrogen and oxygen atoms in total. The summed E-state index contributed by atoms with van der Waals surface area (Å²) in [7, 11) is 0. The Bertz CT molecular complexity index is 535. The SMILES string of the molecule is Cc1cccc(C(=O)Cl)c1Oc1ccccc1. The molecule has 86 valence electrons. The zero-order chi connectivity index (χ0) is 12.3. The Morgan fingerprint density at radius 1 is 1.06 bits per heavy atom. The van der Waals surface area contributed by atoms with Gasteiger partial charge in [-0.15, -0.1) is 0 Å². The first-order chi connectivity index (χ1) is 8.18. The summed E-state index contributed by atoms with van der Waals surface area (Å²) in [6.45, 7) is 1.88. The van der Waals surface area contributed by atoms with Gasteiger partial charge >= 0.3 is 0 Å². The minimum Gasteiger partial charge on any atom is -0.456 e. The first-order valence-electron chi connectivity index (χ1n) is 5.21. The average molecular weight is 247 g/mol. The number of ether oxygens (including phenoxy) is 1. The summed E-state index contributed by atoms with van der Waals surface area (Å²) in [6.07, 6.45) is 0. The number of rotatable bonds is 3. The molecule has 0 aliphatic rings. The fourth-order valence-corrected chi connectivity index (χ4v) is 1.70. The molecular formula is C14H11ClO2. The van der Waals surface area contributed by atoms with E-state index in [0.717, 1.165) is 5.56 Å². The maximum Gasteiger partial charge on any atom is 0.256 e. The standard InChI is InChI=1S/C14H11ClO2/c1-10-6-5-9-12(14(15)16)13(10)17-11-7-3-2-4-8-11/h2-9H,1H3. The van der Waals surface area contributed by atoms with E-state index in [9.17, 15) is 4.79 Å². The number of halogens is 1. The van der Waals surface area contributed by atoms with Gasteiger partial charge in [0.2, 0.25) is 0 Å². The topological polar surface area (TPSA) is 26.3 Å². The lowest BCUT2D eigenvalue weighted by molar-refractivity contribution is 0.107. The molecule has 0 spiro atoms. The van der Waals surface area contributed by atoms with Crippen molar-refractivity contribution in [1.29, 1.82) is 0 Å². The van der Waals surface area contributed by atoms with E-state index in [1.54, 1.807) is 12.1 Å². The molecule has 0 saturated heterocycles. The summed E-state index contributed by atoms with van der Waals surface area (Å²) >= 11 is 5.53. The molecule has 3 heteroatoms.